The minimum absolute atomic E-state index is 0.297. The Kier molecular flexibility index (Phi) is 4.60. The molecule has 0 amide bonds. The molecule has 1 aromatic carbocycles. The summed E-state index contributed by atoms with van der Waals surface area (Å²) in [5.74, 6) is 0.676. The van der Waals surface area contributed by atoms with Crippen molar-refractivity contribution in [1.29, 1.82) is 0 Å². The number of hydrogen-bond acceptors (Lipinski definition) is 3. The van der Waals surface area contributed by atoms with Gasteiger partial charge in [-0.2, -0.15) is 4.31 Å². The van der Waals surface area contributed by atoms with Crippen LogP contribution in [0.1, 0.15) is 30.9 Å². The third-order valence-electron chi connectivity index (χ3n) is 3.57. The van der Waals surface area contributed by atoms with Crippen molar-refractivity contribution < 1.29 is 8.42 Å². The van der Waals surface area contributed by atoms with Gasteiger partial charge in [0.25, 0.3) is 0 Å². The first-order valence-electron chi connectivity index (χ1n) is 6.81. The molecule has 0 aliphatic heterocycles. The van der Waals surface area contributed by atoms with Gasteiger partial charge in [0.15, 0.2) is 0 Å². The summed E-state index contributed by atoms with van der Waals surface area (Å²) in [5.41, 5.74) is 7.72. The Labute approximate surface area is 115 Å². The summed E-state index contributed by atoms with van der Waals surface area (Å²) in [7, 11) is -3.14. The van der Waals surface area contributed by atoms with Crippen molar-refractivity contribution in [3.63, 3.8) is 0 Å². The molecule has 19 heavy (non-hydrogen) atoms. The average Bonchev–Trinajstić information content (AvgIpc) is 3.19. The van der Waals surface area contributed by atoms with Crippen molar-refractivity contribution in [2.45, 2.75) is 32.9 Å². The molecule has 1 aliphatic rings. The van der Waals surface area contributed by atoms with E-state index in [1.54, 1.807) is 4.31 Å². The summed E-state index contributed by atoms with van der Waals surface area (Å²) in [4.78, 5) is 0. The molecule has 0 unspecified atom stereocenters. The molecular weight excluding hydrogens is 260 g/mol. The SMILES string of the molecule is CCN(Cc1ccccc1CN)S(=O)(=O)CC1CC1. The van der Waals surface area contributed by atoms with Gasteiger partial charge in [-0.25, -0.2) is 8.42 Å². The van der Waals surface area contributed by atoms with Crippen molar-refractivity contribution in [2.24, 2.45) is 11.7 Å². The highest BCUT2D eigenvalue weighted by atomic mass is 32.2. The molecule has 2 rings (SSSR count). The highest BCUT2D eigenvalue weighted by molar-refractivity contribution is 7.89. The van der Waals surface area contributed by atoms with Crippen LogP contribution in [0.4, 0.5) is 0 Å². The summed E-state index contributed by atoms with van der Waals surface area (Å²) in [5, 5.41) is 0. The zero-order valence-corrected chi connectivity index (χ0v) is 12.2. The van der Waals surface area contributed by atoms with Crippen LogP contribution in [-0.4, -0.2) is 25.0 Å². The van der Waals surface area contributed by atoms with Crippen LogP contribution in [0.2, 0.25) is 0 Å². The number of nitrogens with zero attached hydrogens (tertiary/aromatic N) is 1. The quantitative estimate of drug-likeness (QED) is 0.828. The van der Waals surface area contributed by atoms with Crippen LogP contribution in [0.5, 0.6) is 0 Å². The Morgan fingerprint density at radius 1 is 1.26 bits per heavy atom. The largest absolute Gasteiger partial charge is 0.326 e. The molecular formula is C14H22N2O2S. The first-order chi connectivity index (χ1) is 9.06. The Bertz CT molecular complexity index is 524. The molecule has 1 fully saturated rings. The fraction of sp³-hybridized carbons (Fsp3) is 0.571. The van der Waals surface area contributed by atoms with E-state index in [0.717, 1.165) is 24.0 Å². The summed E-state index contributed by atoms with van der Waals surface area (Å²) < 4.78 is 26.2. The van der Waals surface area contributed by atoms with Gasteiger partial charge in [0.05, 0.1) is 5.75 Å². The number of sulfonamides is 1. The molecule has 1 aliphatic carbocycles. The molecule has 0 heterocycles. The molecule has 1 aromatic rings. The first-order valence-corrected chi connectivity index (χ1v) is 8.42. The monoisotopic (exact) mass is 282 g/mol. The zero-order valence-electron chi connectivity index (χ0n) is 11.4. The van der Waals surface area contributed by atoms with Crippen LogP contribution >= 0.6 is 0 Å². The van der Waals surface area contributed by atoms with E-state index in [9.17, 15) is 8.42 Å². The van der Waals surface area contributed by atoms with Crippen LogP contribution < -0.4 is 5.73 Å². The predicted octanol–water partition coefficient (Wildman–Crippen LogP) is 1.71. The maximum atomic E-state index is 12.3. The molecule has 4 nitrogen and oxygen atoms in total. The summed E-state index contributed by atoms with van der Waals surface area (Å²) in [6.07, 6.45) is 2.10. The third kappa shape index (κ3) is 3.78. The predicted molar refractivity (Wildman–Crippen MR) is 76.9 cm³/mol. The fourth-order valence-electron chi connectivity index (χ4n) is 2.20. The lowest BCUT2D eigenvalue weighted by Gasteiger charge is -2.21. The molecule has 0 spiro atoms. The lowest BCUT2D eigenvalue weighted by atomic mass is 10.1. The smallest absolute Gasteiger partial charge is 0.214 e. The molecule has 0 aromatic heterocycles. The highest BCUT2D eigenvalue weighted by Gasteiger charge is 2.31. The minimum atomic E-state index is -3.14. The van der Waals surface area contributed by atoms with E-state index in [4.69, 9.17) is 5.73 Å². The van der Waals surface area contributed by atoms with Crippen LogP contribution in [0.25, 0.3) is 0 Å². The standard InChI is InChI=1S/C14H22N2O2S/c1-2-16(19(17,18)11-12-7-8-12)10-14-6-4-3-5-13(14)9-15/h3-6,12H,2,7-11,15H2,1H3. The molecule has 5 heteroatoms. The lowest BCUT2D eigenvalue weighted by Crippen LogP contribution is -2.33. The van der Waals surface area contributed by atoms with Gasteiger partial charge in [-0.3, -0.25) is 0 Å². The van der Waals surface area contributed by atoms with Gasteiger partial charge < -0.3 is 5.73 Å². The third-order valence-corrected chi connectivity index (χ3v) is 5.64. The van der Waals surface area contributed by atoms with Gasteiger partial charge in [-0.15, -0.1) is 0 Å². The number of nitrogens with two attached hydrogens (primary N) is 1. The molecule has 0 bridgehead atoms. The van der Waals surface area contributed by atoms with Gasteiger partial charge in [0.1, 0.15) is 0 Å². The van der Waals surface area contributed by atoms with Crippen molar-refractivity contribution in [2.75, 3.05) is 12.3 Å². The maximum absolute atomic E-state index is 12.3. The van der Waals surface area contributed by atoms with E-state index < -0.39 is 10.0 Å². The Hall–Kier alpha value is -0.910. The normalized spacial score (nSPS) is 15.9. The lowest BCUT2D eigenvalue weighted by molar-refractivity contribution is 0.420. The maximum Gasteiger partial charge on any atom is 0.214 e. The molecule has 1 saturated carbocycles. The van der Waals surface area contributed by atoms with Crippen molar-refractivity contribution in [1.82, 2.24) is 4.31 Å². The second-order valence-corrected chi connectivity index (χ2v) is 7.13. The molecule has 0 saturated heterocycles. The summed E-state index contributed by atoms with van der Waals surface area (Å²) >= 11 is 0. The zero-order chi connectivity index (χ0) is 13.9. The second-order valence-electron chi connectivity index (χ2n) is 5.12. The van der Waals surface area contributed by atoms with E-state index in [1.807, 2.05) is 31.2 Å². The van der Waals surface area contributed by atoms with Crippen molar-refractivity contribution in [3.8, 4) is 0 Å². The van der Waals surface area contributed by atoms with Crippen molar-refractivity contribution >= 4 is 10.0 Å². The Morgan fingerprint density at radius 3 is 2.42 bits per heavy atom. The van der Waals surface area contributed by atoms with Crippen LogP contribution in [-0.2, 0) is 23.1 Å². The number of hydrogen-bond donors (Lipinski definition) is 1. The van der Waals surface area contributed by atoms with Gasteiger partial charge >= 0.3 is 0 Å². The van der Waals surface area contributed by atoms with Gasteiger partial charge in [-0.1, -0.05) is 31.2 Å². The Morgan fingerprint density at radius 2 is 1.89 bits per heavy atom. The number of benzene rings is 1. The van der Waals surface area contributed by atoms with E-state index in [2.05, 4.69) is 0 Å². The van der Waals surface area contributed by atoms with Crippen molar-refractivity contribution in [3.05, 3.63) is 35.4 Å². The minimum Gasteiger partial charge on any atom is -0.326 e. The molecule has 0 radical (unpaired) electrons. The van der Waals surface area contributed by atoms with E-state index in [0.29, 0.717) is 31.3 Å². The molecule has 0 atom stereocenters. The van der Waals surface area contributed by atoms with Crippen LogP contribution in [0.15, 0.2) is 24.3 Å². The summed E-state index contributed by atoms with van der Waals surface area (Å²) in [6, 6.07) is 7.77. The van der Waals surface area contributed by atoms with Gasteiger partial charge in [0, 0.05) is 19.6 Å². The van der Waals surface area contributed by atoms with Gasteiger partial charge in [0.2, 0.25) is 10.0 Å². The summed E-state index contributed by atoms with van der Waals surface area (Å²) in [6.45, 7) is 3.26. The van der Waals surface area contributed by atoms with Crippen LogP contribution in [0, 0.1) is 5.92 Å². The van der Waals surface area contributed by atoms with Crippen LogP contribution in [0.3, 0.4) is 0 Å². The first kappa shape index (κ1) is 14.5. The average molecular weight is 282 g/mol. The fourth-order valence-corrected chi connectivity index (χ4v) is 4.06. The second kappa shape index (κ2) is 6.03. The molecule has 106 valence electrons. The molecule has 2 N–H and O–H groups in total. The van der Waals surface area contributed by atoms with E-state index in [1.165, 1.54) is 0 Å². The number of rotatable bonds is 7. The highest BCUT2D eigenvalue weighted by Crippen LogP contribution is 2.31. The van der Waals surface area contributed by atoms with E-state index in [-0.39, 0.29) is 0 Å². The van der Waals surface area contributed by atoms with E-state index >= 15 is 0 Å². The topological polar surface area (TPSA) is 63.4 Å². The van der Waals surface area contributed by atoms with Gasteiger partial charge in [-0.05, 0) is 29.9 Å². The Balaban J connectivity index is 2.13.